The highest BCUT2D eigenvalue weighted by Crippen LogP contribution is 2.30. The Balaban J connectivity index is 2.18. The van der Waals surface area contributed by atoms with Gasteiger partial charge in [-0.2, -0.15) is 0 Å². The van der Waals surface area contributed by atoms with Crippen LogP contribution >= 0.6 is 11.6 Å². The fourth-order valence-corrected chi connectivity index (χ4v) is 3.05. The van der Waals surface area contributed by atoms with Crippen LogP contribution in [-0.2, 0) is 0 Å². The van der Waals surface area contributed by atoms with Crippen molar-refractivity contribution in [3.8, 4) is 0 Å². The van der Waals surface area contributed by atoms with Crippen molar-refractivity contribution in [2.24, 2.45) is 5.92 Å². The van der Waals surface area contributed by atoms with Crippen LogP contribution in [-0.4, -0.2) is 49.7 Å². The molecule has 5 heteroatoms. The Morgan fingerprint density at radius 2 is 2.32 bits per heavy atom. The van der Waals surface area contributed by atoms with Crippen LogP contribution < -0.4 is 4.90 Å². The van der Waals surface area contributed by atoms with Gasteiger partial charge in [0, 0.05) is 20.1 Å². The van der Waals surface area contributed by atoms with Crippen LogP contribution in [0.3, 0.4) is 0 Å². The van der Waals surface area contributed by atoms with Crippen LogP contribution in [0.15, 0.2) is 18.2 Å². The molecule has 0 radical (unpaired) electrons. The zero-order chi connectivity index (χ0) is 14.0. The summed E-state index contributed by atoms with van der Waals surface area (Å²) in [7, 11) is 4.02. The van der Waals surface area contributed by atoms with E-state index in [0.29, 0.717) is 16.6 Å². The van der Waals surface area contributed by atoms with Gasteiger partial charge in [0.25, 0.3) is 0 Å². The summed E-state index contributed by atoms with van der Waals surface area (Å²) < 4.78 is 0. The van der Waals surface area contributed by atoms with Gasteiger partial charge in [-0.3, -0.25) is 0 Å². The summed E-state index contributed by atoms with van der Waals surface area (Å²) in [6, 6.07) is 5.01. The first kappa shape index (κ1) is 14.2. The lowest BCUT2D eigenvalue weighted by Gasteiger charge is -2.25. The minimum absolute atomic E-state index is 0.265. The number of aromatic carboxylic acids is 1. The van der Waals surface area contributed by atoms with E-state index in [2.05, 4.69) is 11.9 Å². The van der Waals surface area contributed by atoms with Gasteiger partial charge in [0.05, 0.1) is 16.3 Å². The first-order valence-corrected chi connectivity index (χ1v) is 6.78. The van der Waals surface area contributed by atoms with E-state index in [1.807, 2.05) is 11.9 Å². The molecule has 1 aromatic rings. The fourth-order valence-electron chi connectivity index (χ4n) is 2.73. The second-order valence-electron chi connectivity index (χ2n) is 5.24. The largest absolute Gasteiger partial charge is 0.478 e. The summed E-state index contributed by atoms with van der Waals surface area (Å²) in [4.78, 5) is 15.5. The lowest BCUT2D eigenvalue weighted by atomic mass is 10.1. The Morgan fingerprint density at radius 3 is 2.89 bits per heavy atom. The second-order valence-corrected chi connectivity index (χ2v) is 5.65. The number of anilines is 1. The summed E-state index contributed by atoms with van der Waals surface area (Å²) in [5.41, 5.74) is 0.882. The van der Waals surface area contributed by atoms with Crippen LogP contribution in [0, 0.1) is 5.92 Å². The summed E-state index contributed by atoms with van der Waals surface area (Å²) in [5, 5.41) is 9.74. The van der Waals surface area contributed by atoms with Crippen LogP contribution in [0.4, 0.5) is 5.69 Å². The van der Waals surface area contributed by atoms with Crippen molar-refractivity contribution in [3.05, 3.63) is 28.8 Å². The number of carbonyl (C=O) groups is 1. The Bertz CT molecular complexity index is 479. The minimum Gasteiger partial charge on any atom is -0.478 e. The maximum Gasteiger partial charge on any atom is 0.337 e. The van der Waals surface area contributed by atoms with Gasteiger partial charge in [0.2, 0.25) is 0 Å². The second kappa shape index (κ2) is 5.80. The number of nitrogens with zero attached hydrogens (tertiary/aromatic N) is 2. The number of para-hydroxylation sites is 1. The van der Waals surface area contributed by atoms with Gasteiger partial charge in [-0.15, -0.1) is 0 Å². The number of halogens is 1. The van der Waals surface area contributed by atoms with Crippen molar-refractivity contribution in [1.82, 2.24) is 4.90 Å². The van der Waals surface area contributed by atoms with Gasteiger partial charge in [-0.05, 0) is 38.1 Å². The number of carboxylic acids is 1. The molecule has 1 aliphatic rings. The van der Waals surface area contributed by atoms with Crippen LogP contribution in [0.2, 0.25) is 5.02 Å². The van der Waals surface area contributed by atoms with Crippen LogP contribution in [0.1, 0.15) is 16.8 Å². The molecule has 1 saturated heterocycles. The maximum atomic E-state index is 11.3. The Morgan fingerprint density at radius 1 is 1.58 bits per heavy atom. The molecule has 1 heterocycles. The first-order valence-electron chi connectivity index (χ1n) is 6.40. The van der Waals surface area contributed by atoms with Gasteiger partial charge in [-0.1, -0.05) is 17.7 Å². The van der Waals surface area contributed by atoms with Crippen molar-refractivity contribution in [2.75, 3.05) is 38.6 Å². The molecule has 0 spiro atoms. The molecule has 0 saturated carbocycles. The summed E-state index contributed by atoms with van der Waals surface area (Å²) >= 11 is 6.17. The van der Waals surface area contributed by atoms with E-state index in [1.165, 1.54) is 0 Å². The van der Waals surface area contributed by atoms with Crippen molar-refractivity contribution in [1.29, 1.82) is 0 Å². The smallest absolute Gasteiger partial charge is 0.337 e. The van der Waals surface area contributed by atoms with Gasteiger partial charge in [0.1, 0.15) is 0 Å². The number of likely N-dealkylation sites (tertiary alicyclic amines) is 1. The predicted molar refractivity (Wildman–Crippen MR) is 77.3 cm³/mol. The quantitative estimate of drug-likeness (QED) is 0.921. The van der Waals surface area contributed by atoms with Gasteiger partial charge < -0.3 is 14.9 Å². The number of benzene rings is 1. The summed E-state index contributed by atoms with van der Waals surface area (Å²) in [5.74, 6) is -0.374. The highest BCUT2D eigenvalue weighted by atomic mass is 35.5. The maximum absolute atomic E-state index is 11.3. The number of hydrogen-bond donors (Lipinski definition) is 1. The Kier molecular flexibility index (Phi) is 4.32. The molecule has 0 aliphatic carbocycles. The average molecular weight is 283 g/mol. The molecular formula is C14H19ClN2O2. The molecule has 0 bridgehead atoms. The highest BCUT2D eigenvalue weighted by molar-refractivity contribution is 6.34. The summed E-state index contributed by atoms with van der Waals surface area (Å²) in [6.07, 6.45) is 1.15. The number of hydrogen-bond acceptors (Lipinski definition) is 3. The molecule has 4 nitrogen and oxygen atoms in total. The molecule has 1 unspecified atom stereocenters. The number of carboxylic acid groups (broad SMARTS) is 1. The Hall–Kier alpha value is -1.26. The zero-order valence-corrected chi connectivity index (χ0v) is 12.0. The fraction of sp³-hybridized carbons (Fsp3) is 0.500. The monoisotopic (exact) mass is 282 g/mol. The predicted octanol–water partition coefficient (Wildman–Crippen LogP) is 2.43. The molecule has 104 valence electrons. The van der Waals surface area contributed by atoms with E-state index in [0.717, 1.165) is 26.1 Å². The van der Waals surface area contributed by atoms with Crippen LogP contribution in [0.5, 0.6) is 0 Å². The molecule has 19 heavy (non-hydrogen) atoms. The third kappa shape index (κ3) is 3.19. The molecule has 1 aromatic carbocycles. The van der Waals surface area contributed by atoms with Gasteiger partial charge in [-0.25, -0.2) is 4.79 Å². The van der Waals surface area contributed by atoms with Gasteiger partial charge >= 0.3 is 5.97 Å². The molecule has 2 rings (SSSR count). The SMILES string of the molecule is CN1CCC(CN(C)c2c(Cl)cccc2C(=O)O)C1. The standard InChI is InChI=1S/C14H19ClN2O2/c1-16-7-6-10(8-16)9-17(2)13-11(14(18)19)4-3-5-12(13)15/h3-5,10H,6-9H2,1-2H3,(H,18,19). The molecule has 0 amide bonds. The van der Waals surface area contributed by atoms with Gasteiger partial charge in [0.15, 0.2) is 0 Å². The van der Waals surface area contributed by atoms with Crippen LogP contribution in [0.25, 0.3) is 0 Å². The lowest BCUT2D eigenvalue weighted by molar-refractivity contribution is 0.0697. The van der Waals surface area contributed by atoms with E-state index in [-0.39, 0.29) is 5.56 Å². The van der Waals surface area contributed by atoms with E-state index in [9.17, 15) is 9.90 Å². The Labute approximate surface area is 118 Å². The molecule has 1 fully saturated rings. The van der Waals surface area contributed by atoms with Crippen molar-refractivity contribution in [2.45, 2.75) is 6.42 Å². The highest BCUT2D eigenvalue weighted by Gasteiger charge is 2.23. The van der Waals surface area contributed by atoms with Crippen molar-refractivity contribution < 1.29 is 9.90 Å². The van der Waals surface area contributed by atoms with Crippen molar-refractivity contribution >= 4 is 23.3 Å². The van der Waals surface area contributed by atoms with E-state index < -0.39 is 5.97 Å². The third-order valence-corrected chi connectivity index (χ3v) is 3.92. The molecule has 0 aromatic heterocycles. The van der Waals surface area contributed by atoms with Crippen molar-refractivity contribution in [3.63, 3.8) is 0 Å². The van der Waals surface area contributed by atoms with E-state index in [1.54, 1.807) is 18.2 Å². The normalized spacial score (nSPS) is 19.6. The van der Waals surface area contributed by atoms with E-state index >= 15 is 0 Å². The minimum atomic E-state index is -0.937. The third-order valence-electron chi connectivity index (χ3n) is 3.62. The number of rotatable bonds is 4. The average Bonchev–Trinajstić information content (AvgIpc) is 2.74. The zero-order valence-electron chi connectivity index (χ0n) is 11.3. The molecule has 1 atom stereocenters. The summed E-state index contributed by atoms with van der Waals surface area (Å²) in [6.45, 7) is 2.98. The van der Waals surface area contributed by atoms with E-state index in [4.69, 9.17) is 11.6 Å². The lowest BCUT2D eigenvalue weighted by Crippen LogP contribution is -2.28. The molecule has 1 N–H and O–H groups in total. The molecular weight excluding hydrogens is 264 g/mol. The topological polar surface area (TPSA) is 43.8 Å². The molecule has 1 aliphatic heterocycles. The first-order chi connectivity index (χ1) is 8.99.